The molecule has 21 heavy (non-hydrogen) atoms. The molecule has 2 aromatic carbocycles. The number of hydrogen-bond acceptors (Lipinski definition) is 2. The van der Waals surface area contributed by atoms with Crippen molar-refractivity contribution in [2.75, 3.05) is 20.6 Å². The number of likely N-dealkylation sites (N-methyl/N-ethyl adjacent to an activating group) is 1. The fraction of sp³-hybridized carbons (Fsp3) is 0.222. The van der Waals surface area contributed by atoms with Gasteiger partial charge in [-0.1, -0.05) is 48.5 Å². The van der Waals surface area contributed by atoms with Crippen LogP contribution < -0.4 is 0 Å². The molecule has 0 saturated carbocycles. The molecule has 0 fully saturated rings. The molecular weight excluding hydrogens is 278 g/mol. The molecule has 0 aromatic heterocycles. The minimum absolute atomic E-state index is 0.590. The Hall–Kier alpha value is -1.71. The standard InChI is InChI=1S/C18H19NOS/c1-19(2)12-11-16-15-8-4-3-7-14(15)13-21(20)18-10-6-5-9-17(16)18/h3-11H,12-13H2,1-2H3/b16-11-. The van der Waals surface area contributed by atoms with E-state index in [0.717, 1.165) is 22.6 Å². The Labute approximate surface area is 128 Å². The smallest absolute Gasteiger partial charge is 0.0580 e. The summed E-state index contributed by atoms with van der Waals surface area (Å²) in [6, 6.07) is 16.4. The van der Waals surface area contributed by atoms with Gasteiger partial charge in [0, 0.05) is 11.4 Å². The average molecular weight is 297 g/mol. The Morgan fingerprint density at radius 3 is 2.48 bits per heavy atom. The van der Waals surface area contributed by atoms with Gasteiger partial charge in [-0.05, 0) is 42.4 Å². The van der Waals surface area contributed by atoms with Crippen molar-refractivity contribution >= 4 is 16.4 Å². The van der Waals surface area contributed by atoms with Crippen LogP contribution in [0.4, 0.5) is 0 Å². The summed E-state index contributed by atoms with van der Waals surface area (Å²) < 4.78 is 12.6. The highest BCUT2D eigenvalue weighted by Crippen LogP contribution is 2.35. The van der Waals surface area contributed by atoms with Gasteiger partial charge in [-0.25, -0.2) is 0 Å². The maximum atomic E-state index is 12.6. The monoisotopic (exact) mass is 297 g/mol. The van der Waals surface area contributed by atoms with Crippen LogP contribution in [-0.2, 0) is 16.6 Å². The molecule has 108 valence electrons. The highest BCUT2D eigenvalue weighted by atomic mass is 32.2. The molecule has 0 saturated heterocycles. The van der Waals surface area contributed by atoms with E-state index in [1.165, 1.54) is 11.1 Å². The molecule has 1 unspecified atom stereocenters. The lowest BCUT2D eigenvalue weighted by molar-refractivity contribution is 0.457. The topological polar surface area (TPSA) is 20.3 Å². The van der Waals surface area contributed by atoms with E-state index < -0.39 is 10.8 Å². The Bertz CT molecular complexity index is 719. The van der Waals surface area contributed by atoms with Gasteiger partial charge in [0.2, 0.25) is 0 Å². The minimum Gasteiger partial charge on any atom is -0.306 e. The van der Waals surface area contributed by atoms with Crippen LogP contribution in [0.3, 0.4) is 0 Å². The number of hydrogen-bond donors (Lipinski definition) is 0. The van der Waals surface area contributed by atoms with E-state index in [0.29, 0.717) is 5.75 Å². The molecule has 3 heteroatoms. The summed E-state index contributed by atoms with van der Waals surface area (Å²) in [5, 5.41) is 0. The van der Waals surface area contributed by atoms with Crippen molar-refractivity contribution in [1.82, 2.24) is 4.90 Å². The molecular formula is C18H19NOS. The fourth-order valence-corrected chi connectivity index (χ4v) is 4.00. The van der Waals surface area contributed by atoms with Crippen LogP contribution in [0.1, 0.15) is 16.7 Å². The van der Waals surface area contributed by atoms with Gasteiger partial charge >= 0.3 is 0 Å². The van der Waals surface area contributed by atoms with Crippen LogP contribution in [0.5, 0.6) is 0 Å². The van der Waals surface area contributed by atoms with E-state index in [4.69, 9.17) is 0 Å². The largest absolute Gasteiger partial charge is 0.306 e. The molecule has 0 aliphatic carbocycles. The quantitative estimate of drug-likeness (QED) is 0.847. The number of benzene rings is 2. The molecule has 1 aliphatic heterocycles. The second-order valence-electron chi connectivity index (χ2n) is 5.52. The first-order chi connectivity index (χ1) is 10.2. The summed E-state index contributed by atoms with van der Waals surface area (Å²) in [7, 11) is 3.14. The van der Waals surface area contributed by atoms with Crippen LogP contribution in [0.15, 0.2) is 59.5 Å². The van der Waals surface area contributed by atoms with Crippen molar-refractivity contribution in [3.8, 4) is 0 Å². The predicted octanol–water partition coefficient (Wildman–Crippen LogP) is 3.30. The summed E-state index contributed by atoms with van der Waals surface area (Å²) >= 11 is 0. The normalized spacial score (nSPS) is 19.2. The first-order valence-electron chi connectivity index (χ1n) is 7.08. The van der Waals surface area contributed by atoms with E-state index in [-0.39, 0.29) is 0 Å². The highest BCUT2D eigenvalue weighted by Gasteiger charge is 2.21. The van der Waals surface area contributed by atoms with Gasteiger partial charge < -0.3 is 4.90 Å². The zero-order valence-corrected chi connectivity index (χ0v) is 13.2. The van der Waals surface area contributed by atoms with E-state index in [1.807, 2.05) is 24.3 Å². The van der Waals surface area contributed by atoms with Gasteiger partial charge in [0.15, 0.2) is 0 Å². The summed E-state index contributed by atoms with van der Waals surface area (Å²) in [5.41, 5.74) is 4.66. The van der Waals surface area contributed by atoms with Crippen LogP contribution in [0.2, 0.25) is 0 Å². The third kappa shape index (κ3) is 2.85. The van der Waals surface area contributed by atoms with Gasteiger partial charge in [-0.15, -0.1) is 0 Å². The number of nitrogens with zero attached hydrogens (tertiary/aromatic N) is 1. The average Bonchev–Trinajstić information content (AvgIpc) is 2.60. The lowest BCUT2D eigenvalue weighted by atomic mass is 9.94. The third-order valence-electron chi connectivity index (χ3n) is 3.68. The summed E-state index contributed by atoms with van der Waals surface area (Å²) in [6.07, 6.45) is 2.24. The first kappa shape index (κ1) is 14.2. The van der Waals surface area contributed by atoms with Crippen molar-refractivity contribution in [2.24, 2.45) is 0 Å². The second-order valence-corrected chi connectivity index (χ2v) is 6.94. The van der Waals surface area contributed by atoms with Crippen LogP contribution in [-0.4, -0.2) is 29.7 Å². The Morgan fingerprint density at radius 1 is 1.05 bits per heavy atom. The zero-order valence-electron chi connectivity index (χ0n) is 12.4. The van der Waals surface area contributed by atoms with Gasteiger partial charge in [-0.3, -0.25) is 4.21 Å². The van der Waals surface area contributed by atoms with E-state index in [2.05, 4.69) is 49.3 Å². The van der Waals surface area contributed by atoms with Crippen molar-refractivity contribution in [1.29, 1.82) is 0 Å². The Kier molecular flexibility index (Phi) is 4.04. The second kappa shape index (κ2) is 5.96. The SMILES string of the molecule is CN(C)C/C=C1/c2ccccc2CS(=O)c2ccccc21. The Balaban J connectivity index is 2.23. The lowest BCUT2D eigenvalue weighted by Crippen LogP contribution is -2.11. The van der Waals surface area contributed by atoms with Crippen molar-refractivity contribution < 1.29 is 4.21 Å². The van der Waals surface area contributed by atoms with Gasteiger partial charge in [0.1, 0.15) is 0 Å². The van der Waals surface area contributed by atoms with E-state index in [1.54, 1.807) is 0 Å². The molecule has 1 heterocycles. The third-order valence-corrected chi connectivity index (χ3v) is 5.10. The van der Waals surface area contributed by atoms with Crippen LogP contribution >= 0.6 is 0 Å². The van der Waals surface area contributed by atoms with Crippen LogP contribution in [0.25, 0.3) is 5.57 Å². The maximum Gasteiger partial charge on any atom is 0.0580 e. The van der Waals surface area contributed by atoms with Crippen molar-refractivity contribution in [3.63, 3.8) is 0 Å². The molecule has 2 aromatic rings. The van der Waals surface area contributed by atoms with Crippen molar-refractivity contribution in [3.05, 3.63) is 71.3 Å². The zero-order chi connectivity index (χ0) is 14.8. The van der Waals surface area contributed by atoms with Gasteiger partial charge in [0.25, 0.3) is 0 Å². The highest BCUT2D eigenvalue weighted by molar-refractivity contribution is 7.84. The minimum atomic E-state index is -0.983. The first-order valence-corrected chi connectivity index (χ1v) is 8.39. The molecule has 3 rings (SSSR count). The van der Waals surface area contributed by atoms with Crippen LogP contribution in [0, 0.1) is 0 Å². The molecule has 0 spiro atoms. The molecule has 0 bridgehead atoms. The number of fused-ring (bicyclic) bond motifs is 2. The summed E-state index contributed by atoms with van der Waals surface area (Å²) in [6.45, 7) is 0.866. The van der Waals surface area contributed by atoms with E-state index in [9.17, 15) is 4.21 Å². The predicted molar refractivity (Wildman–Crippen MR) is 88.6 cm³/mol. The molecule has 0 N–H and O–H groups in total. The maximum absolute atomic E-state index is 12.6. The van der Waals surface area contributed by atoms with E-state index >= 15 is 0 Å². The molecule has 1 atom stereocenters. The molecule has 1 aliphatic rings. The molecule has 0 radical (unpaired) electrons. The summed E-state index contributed by atoms with van der Waals surface area (Å²) in [4.78, 5) is 3.08. The molecule has 2 nitrogen and oxygen atoms in total. The summed E-state index contributed by atoms with van der Waals surface area (Å²) in [5.74, 6) is 0.590. The van der Waals surface area contributed by atoms with Gasteiger partial charge in [-0.2, -0.15) is 0 Å². The molecule has 0 amide bonds. The number of rotatable bonds is 2. The fourth-order valence-electron chi connectivity index (χ4n) is 2.65. The Morgan fingerprint density at radius 2 is 1.71 bits per heavy atom. The lowest BCUT2D eigenvalue weighted by Gasteiger charge is -2.13. The van der Waals surface area contributed by atoms with Gasteiger partial charge in [0.05, 0.1) is 16.6 Å². The van der Waals surface area contributed by atoms with Crippen molar-refractivity contribution in [2.45, 2.75) is 10.6 Å².